The predicted molar refractivity (Wildman–Crippen MR) is 380 cm³/mol. The summed E-state index contributed by atoms with van der Waals surface area (Å²) in [5.74, 6) is -0.00317. The van der Waals surface area contributed by atoms with Crippen LogP contribution in [0.3, 0.4) is 0 Å². The van der Waals surface area contributed by atoms with E-state index in [9.17, 15) is 19.8 Å². The lowest BCUT2D eigenvalue weighted by Gasteiger charge is -2.22. The van der Waals surface area contributed by atoms with Gasteiger partial charge in [-0.05, 0) is 51.4 Å². The van der Waals surface area contributed by atoms with Crippen LogP contribution in [-0.4, -0.2) is 47.4 Å². The maximum Gasteiger partial charge on any atom is 0.305 e. The Morgan fingerprint density at radius 2 is 0.547 bits per heavy atom. The summed E-state index contributed by atoms with van der Waals surface area (Å²) in [7, 11) is 0. The fraction of sp³-hybridized carbons (Fsp3) is 0.950. The molecule has 0 spiro atoms. The second-order valence-corrected chi connectivity index (χ2v) is 27.8. The van der Waals surface area contributed by atoms with Crippen molar-refractivity contribution in [2.24, 2.45) is 0 Å². The van der Waals surface area contributed by atoms with Gasteiger partial charge in [0.2, 0.25) is 5.91 Å². The van der Waals surface area contributed by atoms with Crippen LogP contribution in [0, 0.1) is 0 Å². The number of rotatable bonds is 76. The van der Waals surface area contributed by atoms with Crippen molar-refractivity contribution in [2.45, 2.75) is 475 Å². The first-order valence-electron chi connectivity index (χ1n) is 39.9. The number of esters is 1. The molecule has 0 saturated heterocycles. The molecule has 1 amide bonds. The smallest absolute Gasteiger partial charge is 0.305 e. The third-order valence-corrected chi connectivity index (χ3v) is 19.1. The molecule has 2 atom stereocenters. The number of ether oxygens (including phenoxy) is 1. The van der Waals surface area contributed by atoms with Gasteiger partial charge in [-0.15, -0.1) is 0 Å². The number of nitrogens with one attached hydrogen (secondary N) is 1. The number of hydrogen-bond acceptors (Lipinski definition) is 5. The highest BCUT2D eigenvalue weighted by molar-refractivity contribution is 5.76. The molecule has 2 unspecified atom stereocenters. The van der Waals surface area contributed by atoms with Crippen LogP contribution in [0.4, 0.5) is 0 Å². The highest BCUT2D eigenvalue weighted by Gasteiger charge is 2.20. The van der Waals surface area contributed by atoms with Crippen molar-refractivity contribution >= 4 is 11.9 Å². The number of allylic oxidation sites excluding steroid dienone is 2. The molecule has 0 heterocycles. The van der Waals surface area contributed by atoms with Gasteiger partial charge in [0.05, 0.1) is 25.4 Å². The molecule has 0 saturated carbocycles. The second kappa shape index (κ2) is 76.1. The minimum absolute atomic E-state index is 0.0240. The molecule has 0 aliphatic rings. The minimum Gasteiger partial charge on any atom is -0.466 e. The fourth-order valence-corrected chi connectivity index (χ4v) is 13.0. The van der Waals surface area contributed by atoms with E-state index in [1.165, 1.54) is 392 Å². The molecule has 0 aliphatic heterocycles. The van der Waals surface area contributed by atoms with Gasteiger partial charge in [0.25, 0.3) is 0 Å². The van der Waals surface area contributed by atoms with Crippen LogP contribution in [0.1, 0.15) is 463 Å². The number of carbonyl (C=O) groups excluding carboxylic acids is 2. The Morgan fingerprint density at radius 1 is 0.314 bits per heavy atom. The van der Waals surface area contributed by atoms with Crippen LogP contribution in [0.5, 0.6) is 0 Å². The van der Waals surface area contributed by atoms with Crippen molar-refractivity contribution < 1.29 is 24.5 Å². The van der Waals surface area contributed by atoms with E-state index in [0.717, 1.165) is 38.5 Å². The summed E-state index contributed by atoms with van der Waals surface area (Å²) in [5.41, 5.74) is 0. The Balaban J connectivity index is 3.33. The van der Waals surface area contributed by atoms with Gasteiger partial charge in [0.15, 0.2) is 0 Å². The second-order valence-electron chi connectivity index (χ2n) is 27.8. The van der Waals surface area contributed by atoms with Crippen LogP contribution >= 0.6 is 0 Å². The summed E-state index contributed by atoms with van der Waals surface area (Å²) in [5, 5.41) is 23.4. The first-order valence-corrected chi connectivity index (χ1v) is 39.9. The van der Waals surface area contributed by atoms with E-state index >= 15 is 0 Å². The first kappa shape index (κ1) is 84.6. The number of aliphatic hydroxyl groups is 2. The summed E-state index contributed by atoms with van der Waals surface area (Å²) in [6.45, 7) is 5.02. The van der Waals surface area contributed by atoms with Crippen molar-refractivity contribution in [1.29, 1.82) is 0 Å². The molecule has 0 aromatic heterocycles. The van der Waals surface area contributed by atoms with E-state index in [1.807, 2.05) is 0 Å². The number of hydrogen-bond donors (Lipinski definition) is 3. The topological polar surface area (TPSA) is 95.9 Å². The highest BCUT2D eigenvalue weighted by Crippen LogP contribution is 2.20. The van der Waals surface area contributed by atoms with Crippen LogP contribution in [-0.2, 0) is 14.3 Å². The number of unbranched alkanes of at least 4 members (excludes halogenated alkanes) is 63. The predicted octanol–water partition coefficient (Wildman–Crippen LogP) is 26.3. The Hall–Kier alpha value is -1.40. The van der Waals surface area contributed by atoms with E-state index in [2.05, 4.69) is 31.3 Å². The Bertz CT molecular complexity index is 1300. The lowest BCUT2D eigenvalue weighted by molar-refractivity contribution is -0.143. The molecule has 3 N–H and O–H groups in total. The summed E-state index contributed by atoms with van der Waals surface area (Å²) >= 11 is 0. The van der Waals surface area contributed by atoms with Gasteiger partial charge in [-0.2, -0.15) is 0 Å². The quantitative estimate of drug-likeness (QED) is 0.0320. The average Bonchev–Trinajstić information content (AvgIpc) is 3.54. The fourth-order valence-electron chi connectivity index (χ4n) is 13.0. The number of carbonyl (C=O) groups is 2. The lowest BCUT2D eigenvalue weighted by atomic mass is 10.0. The molecule has 512 valence electrons. The van der Waals surface area contributed by atoms with E-state index < -0.39 is 12.1 Å². The van der Waals surface area contributed by atoms with E-state index in [-0.39, 0.29) is 18.5 Å². The van der Waals surface area contributed by atoms with Crippen LogP contribution in [0.25, 0.3) is 0 Å². The zero-order valence-corrected chi connectivity index (χ0v) is 58.8. The normalized spacial score (nSPS) is 12.5. The molecule has 0 radical (unpaired) electrons. The average molecular weight is 1210 g/mol. The highest BCUT2D eigenvalue weighted by atomic mass is 16.5. The Morgan fingerprint density at radius 3 is 0.826 bits per heavy atom. The molecule has 86 heavy (non-hydrogen) atoms. The summed E-state index contributed by atoms with van der Waals surface area (Å²) in [4.78, 5) is 24.7. The SMILES string of the molecule is CCCCCCCCCCCCCCCCCCCCCC(O)C(CO)NC(=O)CCCCCCCCCCCCCCCCCC/C=C\CCCCCCCCCCCCCCOC(=O)CCCCCCCCCCCCCCCCCCCC. The van der Waals surface area contributed by atoms with Gasteiger partial charge in [-0.1, -0.05) is 411 Å². The first-order chi connectivity index (χ1) is 42.5. The summed E-state index contributed by atoms with van der Waals surface area (Å²) in [6, 6.07) is -0.540. The van der Waals surface area contributed by atoms with Gasteiger partial charge < -0.3 is 20.3 Å². The van der Waals surface area contributed by atoms with E-state index in [1.54, 1.807) is 0 Å². The molecule has 0 fully saturated rings. The maximum atomic E-state index is 12.6. The molecule has 0 aromatic carbocycles. The molecule has 6 nitrogen and oxygen atoms in total. The zero-order valence-electron chi connectivity index (χ0n) is 58.8. The zero-order chi connectivity index (χ0) is 62.0. The summed E-state index contributed by atoms with van der Waals surface area (Å²) < 4.78 is 5.52. The van der Waals surface area contributed by atoms with Crippen molar-refractivity contribution in [2.75, 3.05) is 13.2 Å². The lowest BCUT2D eigenvalue weighted by Crippen LogP contribution is -2.45. The van der Waals surface area contributed by atoms with Crippen molar-refractivity contribution in [3.63, 3.8) is 0 Å². The monoisotopic (exact) mass is 1210 g/mol. The number of amides is 1. The van der Waals surface area contributed by atoms with Gasteiger partial charge in [0, 0.05) is 12.8 Å². The molecular formula is C80H157NO5. The van der Waals surface area contributed by atoms with Crippen molar-refractivity contribution in [1.82, 2.24) is 5.32 Å². The van der Waals surface area contributed by atoms with Gasteiger partial charge >= 0.3 is 5.97 Å². The van der Waals surface area contributed by atoms with Crippen molar-refractivity contribution in [3.05, 3.63) is 12.2 Å². The third-order valence-electron chi connectivity index (χ3n) is 19.1. The third kappa shape index (κ3) is 71.7. The number of aliphatic hydroxyl groups excluding tert-OH is 2. The minimum atomic E-state index is -0.663. The van der Waals surface area contributed by atoms with Gasteiger partial charge in [0.1, 0.15) is 0 Å². The maximum absolute atomic E-state index is 12.6. The molecule has 0 aliphatic carbocycles. The van der Waals surface area contributed by atoms with Gasteiger partial charge in [-0.25, -0.2) is 0 Å². The van der Waals surface area contributed by atoms with Crippen LogP contribution in [0.15, 0.2) is 12.2 Å². The van der Waals surface area contributed by atoms with Gasteiger partial charge in [-0.3, -0.25) is 9.59 Å². The molecular weight excluding hydrogens is 1050 g/mol. The van der Waals surface area contributed by atoms with Crippen molar-refractivity contribution in [3.8, 4) is 0 Å². The standard InChI is InChI=1S/C80H157NO5/c1-3-5-7-9-11-13-15-17-19-21-37-40-44-48-52-56-60-64-68-72-78(83)77(76-82)81-79(84)73-69-65-61-57-53-49-45-41-38-35-33-31-29-27-25-23-24-26-28-30-32-34-36-39-43-47-51-55-59-63-67-71-75-86-80(85)74-70-66-62-58-54-50-46-42-22-20-18-16-14-12-10-8-6-4-2/h26,28,77-78,82-83H,3-25,27,29-76H2,1-2H3,(H,81,84)/b28-26-. The van der Waals surface area contributed by atoms with Crippen LogP contribution < -0.4 is 5.32 Å². The van der Waals surface area contributed by atoms with Crippen LogP contribution in [0.2, 0.25) is 0 Å². The Kier molecular flexibility index (Phi) is 74.8. The molecule has 0 aromatic rings. The molecule has 0 bridgehead atoms. The molecule has 6 heteroatoms. The summed E-state index contributed by atoms with van der Waals surface area (Å²) in [6.07, 6.45) is 95.9. The largest absolute Gasteiger partial charge is 0.466 e. The Labute approximate surface area is 539 Å². The molecule has 0 rings (SSSR count). The van der Waals surface area contributed by atoms with E-state index in [0.29, 0.717) is 25.9 Å². The van der Waals surface area contributed by atoms with E-state index in [4.69, 9.17) is 4.74 Å².